The molecule has 0 aromatic heterocycles. The summed E-state index contributed by atoms with van der Waals surface area (Å²) >= 11 is 0. The Bertz CT molecular complexity index is 380. The maximum atomic E-state index is 10.8. The predicted molar refractivity (Wildman–Crippen MR) is 66.0 cm³/mol. The smallest absolute Gasteiger partial charge is 0.272 e. The van der Waals surface area contributed by atoms with Crippen LogP contribution in [0.25, 0.3) is 0 Å². The number of benzene rings is 1. The van der Waals surface area contributed by atoms with E-state index in [1.54, 1.807) is 19.1 Å². The summed E-state index contributed by atoms with van der Waals surface area (Å²) in [7, 11) is 0. The molecule has 0 radical (unpaired) electrons. The number of rotatable bonds is 7. The summed E-state index contributed by atoms with van der Waals surface area (Å²) < 4.78 is 5.18. The number of nitrogens with zero attached hydrogens (tertiary/aromatic N) is 1. The van der Waals surface area contributed by atoms with Crippen LogP contribution in [0, 0.1) is 17.0 Å². The molecular weight excluding hydrogens is 220 g/mol. The van der Waals surface area contributed by atoms with E-state index in [-0.39, 0.29) is 10.6 Å². The van der Waals surface area contributed by atoms with Crippen LogP contribution in [0.15, 0.2) is 18.2 Å². The van der Waals surface area contributed by atoms with Crippen LogP contribution in [0.2, 0.25) is 0 Å². The van der Waals surface area contributed by atoms with E-state index < -0.39 is 0 Å². The van der Waals surface area contributed by atoms with Crippen molar-refractivity contribution in [3.63, 3.8) is 0 Å². The highest BCUT2D eigenvalue weighted by Crippen LogP contribution is 2.18. The molecule has 0 saturated heterocycles. The van der Waals surface area contributed by atoms with Crippen LogP contribution in [0.4, 0.5) is 5.69 Å². The average Bonchev–Trinajstić information content (AvgIpc) is 2.30. The Hall–Kier alpha value is -1.46. The first-order valence-corrected chi connectivity index (χ1v) is 5.67. The standard InChI is InChI=1S/C12H18N2O3/c1-3-17-7-6-13-9-11-5-4-10(2)12(8-11)14(15)16/h4-5,8,13H,3,6-7,9H2,1-2H3. The van der Waals surface area contributed by atoms with E-state index in [1.807, 2.05) is 13.0 Å². The summed E-state index contributed by atoms with van der Waals surface area (Å²) in [5, 5.41) is 13.9. The highest BCUT2D eigenvalue weighted by Gasteiger charge is 2.10. The van der Waals surface area contributed by atoms with Crippen molar-refractivity contribution < 1.29 is 9.66 Å². The maximum absolute atomic E-state index is 10.8. The Morgan fingerprint density at radius 1 is 1.47 bits per heavy atom. The van der Waals surface area contributed by atoms with Gasteiger partial charge in [-0.05, 0) is 19.4 Å². The van der Waals surface area contributed by atoms with Gasteiger partial charge in [0.05, 0.1) is 11.5 Å². The lowest BCUT2D eigenvalue weighted by Crippen LogP contribution is -2.19. The van der Waals surface area contributed by atoms with Gasteiger partial charge in [-0.15, -0.1) is 0 Å². The molecule has 0 saturated carbocycles. The highest BCUT2D eigenvalue weighted by molar-refractivity contribution is 5.42. The molecule has 0 heterocycles. The van der Waals surface area contributed by atoms with Gasteiger partial charge in [-0.25, -0.2) is 0 Å². The molecule has 0 bridgehead atoms. The van der Waals surface area contributed by atoms with Crippen molar-refractivity contribution in [3.05, 3.63) is 39.4 Å². The summed E-state index contributed by atoms with van der Waals surface area (Å²) in [5.41, 5.74) is 1.78. The summed E-state index contributed by atoms with van der Waals surface area (Å²) in [5.74, 6) is 0. The number of nitro benzene ring substituents is 1. The first-order chi connectivity index (χ1) is 8.15. The number of ether oxygens (including phenoxy) is 1. The molecule has 5 heteroatoms. The van der Waals surface area contributed by atoms with Gasteiger partial charge in [0, 0.05) is 31.3 Å². The molecule has 0 atom stereocenters. The van der Waals surface area contributed by atoms with E-state index >= 15 is 0 Å². The number of aryl methyl sites for hydroxylation is 1. The molecule has 0 aliphatic rings. The Morgan fingerprint density at radius 3 is 2.88 bits per heavy atom. The van der Waals surface area contributed by atoms with Crippen molar-refractivity contribution in [2.24, 2.45) is 0 Å². The largest absolute Gasteiger partial charge is 0.380 e. The minimum Gasteiger partial charge on any atom is -0.380 e. The fourth-order valence-corrected chi connectivity index (χ4v) is 1.48. The molecule has 1 N–H and O–H groups in total. The van der Waals surface area contributed by atoms with Gasteiger partial charge < -0.3 is 10.1 Å². The molecule has 0 aliphatic carbocycles. The van der Waals surface area contributed by atoms with Gasteiger partial charge in [-0.1, -0.05) is 12.1 Å². The van der Waals surface area contributed by atoms with Gasteiger partial charge >= 0.3 is 0 Å². The Labute approximate surface area is 101 Å². The predicted octanol–water partition coefficient (Wildman–Crippen LogP) is 2.03. The second-order valence-corrected chi connectivity index (χ2v) is 3.75. The van der Waals surface area contributed by atoms with Crippen LogP contribution in [0.5, 0.6) is 0 Å². The average molecular weight is 238 g/mol. The molecular formula is C12H18N2O3. The lowest BCUT2D eigenvalue weighted by Gasteiger charge is -2.06. The van der Waals surface area contributed by atoms with Gasteiger partial charge in [0.15, 0.2) is 0 Å². The fourth-order valence-electron chi connectivity index (χ4n) is 1.48. The normalized spacial score (nSPS) is 10.5. The number of hydrogen-bond acceptors (Lipinski definition) is 4. The fraction of sp³-hybridized carbons (Fsp3) is 0.500. The van der Waals surface area contributed by atoms with Gasteiger partial charge in [-0.3, -0.25) is 10.1 Å². The summed E-state index contributed by atoms with van der Waals surface area (Å²) in [6, 6.07) is 5.29. The molecule has 0 spiro atoms. The van der Waals surface area contributed by atoms with Crippen molar-refractivity contribution in [1.29, 1.82) is 0 Å². The van der Waals surface area contributed by atoms with Gasteiger partial charge in [-0.2, -0.15) is 0 Å². The molecule has 0 amide bonds. The first-order valence-electron chi connectivity index (χ1n) is 5.67. The molecule has 1 aromatic carbocycles. The third-order valence-corrected chi connectivity index (χ3v) is 2.43. The molecule has 94 valence electrons. The Morgan fingerprint density at radius 2 is 2.24 bits per heavy atom. The third kappa shape index (κ3) is 4.50. The molecule has 0 aliphatic heterocycles. The molecule has 17 heavy (non-hydrogen) atoms. The van der Waals surface area contributed by atoms with Crippen molar-refractivity contribution in [3.8, 4) is 0 Å². The first kappa shape index (κ1) is 13.6. The van der Waals surface area contributed by atoms with E-state index in [9.17, 15) is 10.1 Å². The van der Waals surface area contributed by atoms with Crippen LogP contribution < -0.4 is 5.32 Å². The zero-order valence-corrected chi connectivity index (χ0v) is 10.2. The van der Waals surface area contributed by atoms with Gasteiger partial charge in [0.1, 0.15) is 0 Å². The molecule has 1 aromatic rings. The number of nitrogens with one attached hydrogen (secondary N) is 1. The van der Waals surface area contributed by atoms with Crippen molar-refractivity contribution in [2.45, 2.75) is 20.4 Å². The maximum Gasteiger partial charge on any atom is 0.272 e. The molecule has 0 unspecified atom stereocenters. The molecule has 5 nitrogen and oxygen atoms in total. The summed E-state index contributed by atoms with van der Waals surface area (Å²) in [6.07, 6.45) is 0. The minimum absolute atomic E-state index is 0.175. The third-order valence-electron chi connectivity index (χ3n) is 2.43. The number of nitro groups is 1. The van der Waals surface area contributed by atoms with Crippen LogP contribution in [-0.4, -0.2) is 24.7 Å². The van der Waals surface area contributed by atoms with Crippen molar-refractivity contribution in [2.75, 3.05) is 19.8 Å². The van der Waals surface area contributed by atoms with E-state index in [1.165, 1.54) is 0 Å². The second kappa shape index (κ2) is 6.98. The van der Waals surface area contributed by atoms with Crippen LogP contribution >= 0.6 is 0 Å². The summed E-state index contributed by atoms with van der Waals surface area (Å²) in [4.78, 5) is 10.4. The lowest BCUT2D eigenvalue weighted by molar-refractivity contribution is -0.385. The Kier molecular flexibility index (Phi) is 5.59. The number of hydrogen-bond donors (Lipinski definition) is 1. The van der Waals surface area contributed by atoms with Crippen LogP contribution in [0.3, 0.4) is 0 Å². The quantitative estimate of drug-likeness (QED) is 0.448. The monoisotopic (exact) mass is 238 g/mol. The van der Waals surface area contributed by atoms with Crippen molar-refractivity contribution in [1.82, 2.24) is 5.32 Å². The zero-order chi connectivity index (χ0) is 12.7. The van der Waals surface area contributed by atoms with Crippen molar-refractivity contribution >= 4 is 5.69 Å². The molecule has 1 rings (SSSR count). The Balaban J connectivity index is 2.49. The highest BCUT2D eigenvalue weighted by atomic mass is 16.6. The van der Waals surface area contributed by atoms with Crippen LogP contribution in [0.1, 0.15) is 18.1 Å². The summed E-state index contributed by atoms with van der Waals surface area (Å²) in [6.45, 7) is 6.42. The topological polar surface area (TPSA) is 64.4 Å². The van der Waals surface area contributed by atoms with Crippen LogP contribution in [-0.2, 0) is 11.3 Å². The van der Waals surface area contributed by atoms with E-state index in [0.717, 1.165) is 12.1 Å². The van der Waals surface area contributed by atoms with Gasteiger partial charge in [0.2, 0.25) is 0 Å². The van der Waals surface area contributed by atoms with E-state index in [4.69, 9.17) is 4.74 Å². The van der Waals surface area contributed by atoms with Gasteiger partial charge in [0.25, 0.3) is 5.69 Å². The van der Waals surface area contributed by atoms with E-state index in [2.05, 4.69) is 5.32 Å². The lowest BCUT2D eigenvalue weighted by atomic mass is 10.1. The SMILES string of the molecule is CCOCCNCc1ccc(C)c([N+](=O)[O-])c1. The zero-order valence-electron chi connectivity index (χ0n) is 10.2. The van der Waals surface area contributed by atoms with E-state index in [0.29, 0.717) is 25.3 Å². The minimum atomic E-state index is -0.348. The molecule has 0 fully saturated rings. The second-order valence-electron chi connectivity index (χ2n) is 3.75.